The lowest BCUT2D eigenvalue weighted by Gasteiger charge is -2.24. The molecule has 0 aromatic heterocycles. The molecule has 1 amide bonds. The number of fused-ring (bicyclic) bond motifs is 1. The second kappa shape index (κ2) is 8.97. The molecule has 1 aromatic carbocycles. The van der Waals surface area contributed by atoms with Crippen molar-refractivity contribution in [2.24, 2.45) is 5.92 Å². The highest BCUT2D eigenvalue weighted by Crippen LogP contribution is 2.33. The Morgan fingerprint density at radius 3 is 2.68 bits per heavy atom. The molecule has 140 valence electrons. The van der Waals surface area contributed by atoms with Gasteiger partial charge in [-0.15, -0.1) is 12.4 Å². The Bertz CT molecular complexity index is 555. The predicted molar refractivity (Wildman–Crippen MR) is 98.1 cm³/mol. The van der Waals surface area contributed by atoms with Crippen LogP contribution in [0, 0.1) is 11.7 Å². The van der Waals surface area contributed by atoms with Crippen LogP contribution in [0.1, 0.15) is 57.1 Å². The van der Waals surface area contributed by atoms with E-state index in [9.17, 15) is 14.3 Å². The number of hydrogen-bond donors (Lipinski definition) is 3. The van der Waals surface area contributed by atoms with Crippen LogP contribution in [-0.4, -0.2) is 29.1 Å². The Morgan fingerprint density at radius 1 is 1.32 bits per heavy atom. The van der Waals surface area contributed by atoms with Gasteiger partial charge in [0.2, 0.25) is 5.91 Å². The Kier molecular flexibility index (Phi) is 7.23. The zero-order valence-electron chi connectivity index (χ0n) is 14.6. The number of rotatable bonds is 5. The lowest BCUT2D eigenvalue weighted by Crippen LogP contribution is -2.46. The number of halogens is 2. The third kappa shape index (κ3) is 5.16. The van der Waals surface area contributed by atoms with Gasteiger partial charge in [-0.05, 0) is 56.2 Å². The summed E-state index contributed by atoms with van der Waals surface area (Å²) in [6.45, 7) is 1.90. The van der Waals surface area contributed by atoms with E-state index in [0.717, 1.165) is 6.42 Å². The lowest BCUT2D eigenvalue weighted by molar-refractivity contribution is -0.123. The Hall–Kier alpha value is -1.17. The molecule has 1 aliphatic carbocycles. The largest absolute Gasteiger partial charge is 0.388 e. The Labute approximate surface area is 155 Å². The molecule has 5 unspecified atom stereocenters. The molecule has 3 rings (SSSR count). The molecule has 0 radical (unpaired) electrons. The summed E-state index contributed by atoms with van der Waals surface area (Å²) in [6, 6.07) is 6.09. The summed E-state index contributed by atoms with van der Waals surface area (Å²) in [4.78, 5) is 12.5. The fraction of sp³-hybridized carbons (Fsp3) is 0.632. The molecule has 25 heavy (non-hydrogen) atoms. The minimum Gasteiger partial charge on any atom is -0.388 e. The molecule has 0 bridgehead atoms. The van der Waals surface area contributed by atoms with E-state index in [4.69, 9.17) is 0 Å². The number of benzene rings is 1. The highest BCUT2D eigenvalue weighted by molar-refractivity contribution is 5.85. The summed E-state index contributed by atoms with van der Waals surface area (Å²) in [5.74, 6) is 0.346. The Balaban J connectivity index is 0.00000225. The van der Waals surface area contributed by atoms with Crippen LogP contribution in [0.4, 0.5) is 4.39 Å². The first-order valence-electron chi connectivity index (χ1n) is 9.03. The van der Waals surface area contributed by atoms with Crippen molar-refractivity contribution in [2.45, 2.75) is 69.7 Å². The maximum absolute atomic E-state index is 12.9. The molecule has 1 saturated carbocycles. The summed E-state index contributed by atoms with van der Waals surface area (Å²) in [6.07, 6.45) is 5.55. The van der Waals surface area contributed by atoms with E-state index in [1.165, 1.54) is 37.8 Å². The standard InChI is InChI=1S/C19H27FN2O2.ClH/c1-12(10-18(23)13-6-8-15(20)9-7-13)21-19(24)17-11-14-4-2-3-5-16(14)22-17;/h6-9,12,14,16-18,22-23H,2-5,10-11H2,1H3,(H,21,24);1H. The summed E-state index contributed by atoms with van der Waals surface area (Å²) >= 11 is 0. The zero-order chi connectivity index (χ0) is 17.1. The van der Waals surface area contributed by atoms with E-state index in [0.29, 0.717) is 23.9 Å². The van der Waals surface area contributed by atoms with Gasteiger partial charge in [-0.2, -0.15) is 0 Å². The van der Waals surface area contributed by atoms with Crippen molar-refractivity contribution in [1.29, 1.82) is 0 Å². The summed E-state index contributed by atoms with van der Waals surface area (Å²) in [5.41, 5.74) is 0.669. The normalized spacial score (nSPS) is 27.7. The SMILES string of the molecule is CC(CC(O)c1ccc(F)cc1)NC(=O)C1CC2CCCCC2N1.Cl. The fourth-order valence-corrected chi connectivity index (χ4v) is 4.08. The van der Waals surface area contributed by atoms with Crippen molar-refractivity contribution in [2.75, 3.05) is 0 Å². The third-order valence-corrected chi connectivity index (χ3v) is 5.40. The molecule has 1 aromatic rings. The molecule has 1 heterocycles. The van der Waals surface area contributed by atoms with E-state index in [-0.39, 0.29) is 36.2 Å². The van der Waals surface area contributed by atoms with Crippen LogP contribution in [0.15, 0.2) is 24.3 Å². The second-order valence-electron chi connectivity index (χ2n) is 7.32. The number of carbonyl (C=O) groups is 1. The van der Waals surface area contributed by atoms with Gasteiger partial charge in [0, 0.05) is 12.1 Å². The van der Waals surface area contributed by atoms with Crippen LogP contribution in [0.5, 0.6) is 0 Å². The third-order valence-electron chi connectivity index (χ3n) is 5.40. The number of carbonyl (C=O) groups excluding carboxylic acids is 1. The quantitative estimate of drug-likeness (QED) is 0.746. The van der Waals surface area contributed by atoms with Crippen LogP contribution in [0.2, 0.25) is 0 Å². The summed E-state index contributed by atoms with van der Waals surface area (Å²) in [5, 5.41) is 16.7. The molecule has 3 N–H and O–H groups in total. The smallest absolute Gasteiger partial charge is 0.237 e. The van der Waals surface area contributed by atoms with Gasteiger partial charge in [0.15, 0.2) is 0 Å². The second-order valence-corrected chi connectivity index (χ2v) is 7.32. The van der Waals surface area contributed by atoms with Crippen LogP contribution < -0.4 is 10.6 Å². The lowest BCUT2D eigenvalue weighted by atomic mass is 9.85. The molecular weight excluding hydrogens is 343 g/mol. The molecule has 0 spiro atoms. The first-order valence-corrected chi connectivity index (χ1v) is 9.03. The van der Waals surface area contributed by atoms with E-state index in [1.807, 2.05) is 6.92 Å². The van der Waals surface area contributed by atoms with Crippen molar-refractivity contribution in [1.82, 2.24) is 10.6 Å². The first-order chi connectivity index (χ1) is 11.5. The van der Waals surface area contributed by atoms with Crippen molar-refractivity contribution < 1.29 is 14.3 Å². The van der Waals surface area contributed by atoms with E-state index in [2.05, 4.69) is 10.6 Å². The highest BCUT2D eigenvalue weighted by Gasteiger charge is 2.38. The summed E-state index contributed by atoms with van der Waals surface area (Å²) < 4.78 is 12.9. The monoisotopic (exact) mass is 370 g/mol. The van der Waals surface area contributed by atoms with Gasteiger partial charge in [0.25, 0.3) is 0 Å². The van der Waals surface area contributed by atoms with Crippen LogP contribution in [0.3, 0.4) is 0 Å². The van der Waals surface area contributed by atoms with Gasteiger partial charge < -0.3 is 15.7 Å². The van der Waals surface area contributed by atoms with Crippen molar-refractivity contribution in [3.8, 4) is 0 Å². The predicted octanol–water partition coefficient (Wildman–Crippen LogP) is 3.10. The van der Waals surface area contributed by atoms with Crippen molar-refractivity contribution >= 4 is 18.3 Å². The van der Waals surface area contributed by atoms with Gasteiger partial charge >= 0.3 is 0 Å². The van der Waals surface area contributed by atoms with E-state index in [1.54, 1.807) is 12.1 Å². The average molecular weight is 371 g/mol. The number of aliphatic hydroxyl groups excluding tert-OH is 1. The molecule has 4 nitrogen and oxygen atoms in total. The number of hydrogen-bond acceptors (Lipinski definition) is 3. The zero-order valence-corrected chi connectivity index (χ0v) is 15.4. The molecule has 2 aliphatic rings. The molecule has 5 atom stereocenters. The topological polar surface area (TPSA) is 61.4 Å². The van der Waals surface area contributed by atoms with Crippen LogP contribution in [0.25, 0.3) is 0 Å². The highest BCUT2D eigenvalue weighted by atomic mass is 35.5. The van der Waals surface area contributed by atoms with Crippen LogP contribution in [-0.2, 0) is 4.79 Å². The maximum atomic E-state index is 12.9. The fourth-order valence-electron chi connectivity index (χ4n) is 4.08. The van der Waals surface area contributed by atoms with Gasteiger partial charge in [-0.25, -0.2) is 4.39 Å². The molecule has 6 heteroatoms. The van der Waals surface area contributed by atoms with Gasteiger partial charge in [0.05, 0.1) is 12.1 Å². The van der Waals surface area contributed by atoms with Gasteiger partial charge in [-0.1, -0.05) is 25.0 Å². The number of nitrogens with one attached hydrogen (secondary N) is 2. The van der Waals surface area contributed by atoms with E-state index >= 15 is 0 Å². The first kappa shape index (κ1) is 20.1. The molecule has 1 saturated heterocycles. The van der Waals surface area contributed by atoms with Crippen molar-refractivity contribution in [3.05, 3.63) is 35.6 Å². The maximum Gasteiger partial charge on any atom is 0.237 e. The number of aliphatic hydroxyl groups is 1. The van der Waals surface area contributed by atoms with Gasteiger partial charge in [0.1, 0.15) is 5.82 Å². The molecule has 2 fully saturated rings. The van der Waals surface area contributed by atoms with E-state index < -0.39 is 6.10 Å². The Morgan fingerprint density at radius 2 is 2.00 bits per heavy atom. The number of amides is 1. The van der Waals surface area contributed by atoms with Gasteiger partial charge in [-0.3, -0.25) is 4.79 Å². The summed E-state index contributed by atoms with van der Waals surface area (Å²) in [7, 11) is 0. The minimum atomic E-state index is -0.708. The molecular formula is C19H28ClFN2O2. The van der Waals surface area contributed by atoms with Crippen molar-refractivity contribution in [3.63, 3.8) is 0 Å². The average Bonchev–Trinajstić information content (AvgIpc) is 2.99. The molecule has 1 aliphatic heterocycles. The minimum absolute atomic E-state index is 0. The van der Waals surface area contributed by atoms with Crippen LogP contribution >= 0.6 is 12.4 Å².